The van der Waals surface area contributed by atoms with Crippen LogP contribution >= 0.6 is 15.9 Å². The average Bonchev–Trinajstić information content (AvgIpc) is 3.53. The van der Waals surface area contributed by atoms with Gasteiger partial charge in [0.25, 0.3) is 0 Å². The van der Waals surface area contributed by atoms with Gasteiger partial charge in [-0.25, -0.2) is 0 Å². The molecule has 0 bridgehead atoms. The van der Waals surface area contributed by atoms with Crippen molar-refractivity contribution in [1.82, 2.24) is 0 Å². The lowest BCUT2D eigenvalue weighted by Crippen LogP contribution is -2.51. The van der Waals surface area contributed by atoms with Gasteiger partial charge in [0.05, 0.1) is 12.0 Å². The quantitative estimate of drug-likeness (QED) is 0.156. The van der Waals surface area contributed by atoms with Gasteiger partial charge in [0.1, 0.15) is 11.5 Å². The van der Waals surface area contributed by atoms with E-state index in [4.69, 9.17) is 0 Å². The monoisotopic (exact) mass is 644 g/mol. The maximum atomic E-state index is 15.0. The third-order valence-electron chi connectivity index (χ3n) is 9.53. The Morgan fingerprint density at radius 2 is 1.52 bits per heavy atom. The molecule has 4 aromatic carbocycles. The molecule has 3 heterocycles. The SMILES string of the molecule is CCCCCc1ccc(C(=O)[C@@H]2[C@H](C(=O)c3ccc(Br)cc3)N3c4ccccc4C=C[C@@H]3[C@]23C(=O)Nc2ccccc23)cc1. The molecule has 0 aliphatic carbocycles. The smallest absolute Gasteiger partial charge is 0.238 e. The maximum absolute atomic E-state index is 15.0. The second-order valence-corrected chi connectivity index (χ2v) is 12.9. The Morgan fingerprint density at radius 3 is 2.30 bits per heavy atom. The predicted octanol–water partition coefficient (Wildman–Crippen LogP) is 8.04. The number of benzene rings is 4. The van der Waals surface area contributed by atoms with Crippen molar-refractivity contribution >= 4 is 50.9 Å². The van der Waals surface area contributed by atoms with E-state index in [0.29, 0.717) is 16.8 Å². The van der Waals surface area contributed by atoms with E-state index >= 15 is 4.79 Å². The number of Topliss-reactive ketones (excluding diaryl/α,β-unsaturated/α-hetero) is 2. The lowest BCUT2D eigenvalue weighted by molar-refractivity contribution is -0.121. The highest BCUT2D eigenvalue weighted by atomic mass is 79.9. The third-order valence-corrected chi connectivity index (χ3v) is 10.1. The third kappa shape index (κ3) is 4.38. The standard InChI is InChI=1S/C38H33BrN2O3/c1-2-3-4-9-24-14-16-26(17-15-24)35(42)33-34(36(43)27-18-21-28(39)22-19-27)41-31-13-8-5-10-25(31)20-23-32(41)38(33)29-11-6-7-12-30(29)40-37(38)44/h5-8,10-23,32-34H,2-4,9H2,1H3,(H,40,44)/t32-,33+,34-,38+/m1/s1. The lowest BCUT2D eigenvalue weighted by Gasteiger charge is -2.37. The summed E-state index contributed by atoms with van der Waals surface area (Å²) in [6, 6.07) is 29.1. The summed E-state index contributed by atoms with van der Waals surface area (Å²) in [5, 5.41) is 3.10. The lowest BCUT2D eigenvalue weighted by atomic mass is 9.64. The van der Waals surface area contributed by atoms with E-state index in [0.717, 1.165) is 47.0 Å². The van der Waals surface area contributed by atoms with E-state index < -0.39 is 23.4 Å². The van der Waals surface area contributed by atoms with Gasteiger partial charge in [-0.15, -0.1) is 0 Å². The van der Waals surface area contributed by atoms with Crippen molar-refractivity contribution in [3.8, 4) is 0 Å². The number of carbonyl (C=O) groups excluding carboxylic acids is 3. The van der Waals surface area contributed by atoms with Crippen molar-refractivity contribution < 1.29 is 14.4 Å². The van der Waals surface area contributed by atoms with E-state index in [1.165, 1.54) is 5.56 Å². The Hall–Kier alpha value is -4.29. The van der Waals surface area contributed by atoms with Crippen LogP contribution < -0.4 is 10.2 Å². The molecule has 4 aromatic rings. The first-order valence-electron chi connectivity index (χ1n) is 15.3. The molecule has 0 radical (unpaired) electrons. The van der Waals surface area contributed by atoms with E-state index in [-0.39, 0.29) is 17.5 Å². The van der Waals surface area contributed by atoms with Gasteiger partial charge in [0.15, 0.2) is 11.6 Å². The molecule has 0 unspecified atom stereocenters. The van der Waals surface area contributed by atoms with Gasteiger partial charge in [0.2, 0.25) is 5.91 Å². The summed E-state index contributed by atoms with van der Waals surface area (Å²) >= 11 is 3.48. The van der Waals surface area contributed by atoms with Crippen LogP contribution in [0.25, 0.3) is 6.08 Å². The molecule has 1 saturated heterocycles. The molecular formula is C38H33BrN2O3. The number of nitrogens with one attached hydrogen (secondary N) is 1. The van der Waals surface area contributed by atoms with Gasteiger partial charge < -0.3 is 10.2 Å². The molecule has 0 aromatic heterocycles. The minimum atomic E-state index is -1.31. The van der Waals surface area contributed by atoms with E-state index in [1.807, 2.05) is 102 Å². The van der Waals surface area contributed by atoms with Gasteiger partial charge in [-0.2, -0.15) is 0 Å². The van der Waals surface area contributed by atoms with Crippen LogP contribution in [0.5, 0.6) is 0 Å². The molecule has 4 atom stereocenters. The summed E-state index contributed by atoms with van der Waals surface area (Å²) in [4.78, 5) is 46.3. The highest BCUT2D eigenvalue weighted by Crippen LogP contribution is 2.58. The number of aryl methyl sites for hydroxylation is 1. The Balaban J connectivity index is 1.44. The first kappa shape index (κ1) is 28.5. The zero-order valence-corrected chi connectivity index (χ0v) is 26.1. The molecule has 7 rings (SSSR count). The zero-order chi connectivity index (χ0) is 30.4. The molecule has 0 saturated carbocycles. The highest BCUT2D eigenvalue weighted by Gasteiger charge is 2.70. The number of hydrogen-bond donors (Lipinski definition) is 1. The summed E-state index contributed by atoms with van der Waals surface area (Å²) in [5.41, 5.74) is 4.10. The van der Waals surface area contributed by atoms with Crippen LogP contribution in [0.1, 0.15) is 63.6 Å². The molecule has 1 amide bonds. The van der Waals surface area contributed by atoms with E-state index in [1.54, 1.807) is 12.1 Å². The van der Waals surface area contributed by atoms with Crippen LogP contribution in [0.3, 0.4) is 0 Å². The molecule has 1 fully saturated rings. The fourth-order valence-electron chi connectivity index (χ4n) is 7.50. The van der Waals surface area contributed by atoms with Crippen molar-refractivity contribution in [3.05, 3.63) is 135 Å². The Morgan fingerprint density at radius 1 is 0.841 bits per heavy atom. The number of rotatable bonds is 8. The molecule has 5 nitrogen and oxygen atoms in total. The summed E-state index contributed by atoms with van der Waals surface area (Å²) in [7, 11) is 0. The minimum Gasteiger partial charge on any atom is -0.352 e. The van der Waals surface area contributed by atoms with Gasteiger partial charge in [0, 0.05) is 27.0 Å². The van der Waals surface area contributed by atoms with Crippen LogP contribution in [0.15, 0.2) is 108 Å². The molecule has 6 heteroatoms. The average molecular weight is 646 g/mol. The largest absolute Gasteiger partial charge is 0.352 e. The first-order valence-corrected chi connectivity index (χ1v) is 16.1. The molecule has 1 N–H and O–H groups in total. The Bertz CT molecular complexity index is 1800. The van der Waals surface area contributed by atoms with Gasteiger partial charge in [-0.05, 0) is 53.8 Å². The van der Waals surface area contributed by atoms with Crippen molar-refractivity contribution in [2.24, 2.45) is 5.92 Å². The van der Waals surface area contributed by atoms with Crippen LogP contribution in [-0.4, -0.2) is 29.6 Å². The fourth-order valence-corrected chi connectivity index (χ4v) is 7.76. The van der Waals surface area contributed by atoms with Gasteiger partial charge >= 0.3 is 0 Å². The van der Waals surface area contributed by atoms with Crippen LogP contribution in [0, 0.1) is 5.92 Å². The minimum absolute atomic E-state index is 0.184. The molecule has 44 heavy (non-hydrogen) atoms. The number of fused-ring (bicyclic) bond motifs is 6. The van der Waals surface area contributed by atoms with Gasteiger partial charge in [-0.3, -0.25) is 14.4 Å². The van der Waals surface area contributed by atoms with Crippen molar-refractivity contribution in [3.63, 3.8) is 0 Å². The number of unbranched alkanes of at least 4 members (excludes halogenated alkanes) is 2. The Labute approximate surface area is 266 Å². The van der Waals surface area contributed by atoms with E-state index in [9.17, 15) is 9.59 Å². The molecule has 1 spiro atoms. The second-order valence-electron chi connectivity index (χ2n) is 12.0. The van der Waals surface area contributed by atoms with E-state index in [2.05, 4.69) is 28.2 Å². The first-order chi connectivity index (χ1) is 21.4. The summed E-state index contributed by atoms with van der Waals surface area (Å²) in [5.74, 6) is -1.61. The zero-order valence-electron chi connectivity index (χ0n) is 24.5. The van der Waals surface area contributed by atoms with Crippen LogP contribution in [0.2, 0.25) is 0 Å². The number of anilines is 2. The number of carbonyl (C=O) groups is 3. The number of nitrogens with zero attached hydrogens (tertiary/aromatic N) is 1. The second kappa shape index (κ2) is 11.3. The van der Waals surface area contributed by atoms with Crippen LogP contribution in [-0.2, 0) is 16.6 Å². The van der Waals surface area contributed by atoms with Gasteiger partial charge in [-0.1, -0.05) is 121 Å². The van der Waals surface area contributed by atoms with Crippen molar-refractivity contribution in [1.29, 1.82) is 0 Å². The number of hydrogen-bond acceptors (Lipinski definition) is 4. The number of ketones is 2. The molecular weight excluding hydrogens is 612 g/mol. The maximum Gasteiger partial charge on any atom is 0.238 e. The summed E-state index contributed by atoms with van der Waals surface area (Å²) < 4.78 is 0.858. The van der Waals surface area contributed by atoms with Crippen molar-refractivity contribution in [2.45, 2.75) is 50.1 Å². The Kier molecular flexibility index (Phi) is 7.33. The predicted molar refractivity (Wildman–Crippen MR) is 178 cm³/mol. The topological polar surface area (TPSA) is 66.5 Å². The normalized spacial score (nSPS) is 22.8. The molecule has 3 aliphatic rings. The number of amides is 1. The summed E-state index contributed by atoms with van der Waals surface area (Å²) in [6.45, 7) is 2.18. The molecule has 220 valence electrons. The van der Waals surface area contributed by atoms with Crippen LogP contribution in [0.4, 0.5) is 11.4 Å². The fraction of sp³-hybridized carbons (Fsp3) is 0.237. The van der Waals surface area contributed by atoms with Crippen molar-refractivity contribution in [2.75, 3.05) is 10.2 Å². The number of halogens is 1. The molecule has 3 aliphatic heterocycles. The number of para-hydroxylation sites is 2. The summed E-state index contributed by atoms with van der Waals surface area (Å²) in [6.07, 6.45) is 8.38. The highest BCUT2D eigenvalue weighted by molar-refractivity contribution is 9.10.